The van der Waals surface area contributed by atoms with E-state index in [9.17, 15) is 4.79 Å². The first kappa shape index (κ1) is 14.6. The lowest BCUT2D eigenvalue weighted by atomic mass is 9.74. The number of halogens is 2. The van der Waals surface area contributed by atoms with Gasteiger partial charge in [0.15, 0.2) is 0 Å². The molecule has 1 aromatic carbocycles. The molecule has 0 atom stereocenters. The van der Waals surface area contributed by atoms with Crippen LogP contribution in [0.25, 0.3) is 0 Å². The van der Waals surface area contributed by atoms with Crippen LogP contribution in [-0.2, 0) is 14.9 Å². The van der Waals surface area contributed by atoms with Gasteiger partial charge >= 0.3 is 0 Å². The maximum atomic E-state index is 11.2. The van der Waals surface area contributed by atoms with E-state index >= 15 is 0 Å². The fraction of sp³-hybridized carbons (Fsp3) is 0.500. The summed E-state index contributed by atoms with van der Waals surface area (Å²) in [6, 6.07) is 5.55. The molecule has 0 aliphatic carbocycles. The molecule has 0 aromatic heterocycles. The topological polar surface area (TPSA) is 38.3 Å². The molecule has 1 fully saturated rings. The summed E-state index contributed by atoms with van der Waals surface area (Å²) in [6.45, 7) is 3.46. The fourth-order valence-electron chi connectivity index (χ4n) is 2.52. The van der Waals surface area contributed by atoms with Gasteiger partial charge in [0.05, 0.1) is 0 Å². The molecule has 19 heavy (non-hydrogen) atoms. The minimum atomic E-state index is -0.161. The third kappa shape index (κ3) is 3.41. The third-order valence-corrected chi connectivity index (χ3v) is 4.18. The zero-order chi connectivity index (χ0) is 13.9. The predicted molar refractivity (Wildman–Crippen MR) is 76.9 cm³/mol. The quantitative estimate of drug-likeness (QED) is 0.931. The molecule has 1 saturated heterocycles. The van der Waals surface area contributed by atoms with Crippen LogP contribution in [-0.4, -0.2) is 25.7 Å². The van der Waals surface area contributed by atoms with Crippen molar-refractivity contribution >= 4 is 29.1 Å². The number of carbonyl (C=O) groups is 1. The van der Waals surface area contributed by atoms with E-state index < -0.39 is 0 Å². The first-order valence-corrected chi connectivity index (χ1v) is 7.07. The van der Waals surface area contributed by atoms with E-state index in [2.05, 4.69) is 5.32 Å². The second-order valence-electron chi connectivity index (χ2n) is 4.93. The SMILES string of the molecule is CC(=O)NCC1(c2ccc(Cl)cc2Cl)CCOCC1. The normalized spacial score (nSPS) is 18.1. The van der Waals surface area contributed by atoms with Gasteiger partial charge in [-0.05, 0) is 30.5 Å². The number of benzene rings is 1. The zero-order valence-electron chi connectivity index (χ0n) is 10.8. The van der Waals surface area contributed by atoms with Crippen LogP contribution in [0.2, 0.25) is 10.0 Å². The summed E-state index contributed by atoms with van der Waals surface area (Å²) in [5.74, 6) is -0.0315. The minimum Gasteiger partial charge on any atom is -0.381 e. The lowest BCUT2D eigenvalue weighted by molar-refractivity contribution is -0.119. The highest BCUT2D eigenvalue weighted by Crippen LogP contribution is 2.39. The standard InChI is InChI=1S/C14H17Cl2NO2/c1-10(18)17-9-14(4-6-19-7-5-14)12-3-2-11(15)8-13(12)16/h2-3,8H,4-7,9H2,1H3,(H,17,18). The van der Waals surface area contributed by atoms with E-state index in [0.717, 1.165) is 18.4 Å². The molecule has 3 nitrogen and oxygen atoms in total. The van der Waals surface area contributed by atoms with Crippen molar-refractivity contribution in [2.45, 2.75) is 25.2 Å². The average molecular weight is 302 g/mol. The Hall–Kier alpha value is -0.770. The molecule has 1 heterocycles. The first-order chi connectivity index (χ1) is 9.03. The smallest absolute Gasteiger partial charge is 0.216 e. The van der Waals surface area contributed by atoms with Gasteiger partial charge in [-0.3, -0.25) is 4.79 Å². The van der Waals surface area contributed by atoms with Gasteiger partial charge in [-0.2, -0.15) is 0 Å². The van der Waals surface area contributed by atoms with Gasteiger partial charge in [0.2, 0.25) is 5.91 Å². The highest BCUT2D eigenvalue weighted by molar-refractivity contribution is 6.35. The minimum absolute atomic E-state index is 0.0315. The van der Waals surface area contributed by atoms with Crippen molar-refractivity contribution in [1.29, 1.82) is 0 Å². The van der Waals surface area contributed by atoms with Gasteiger partial charge in [0.25, 0.3) is 0 Å². The van der Waals surface area contributed by atoms with Gasteiger partial charge in [-0.1, -0.05) is 29.3 Å². The van der Waals surface area contributed by atoms with E-state index in [-0.39, 0.29) is 11.3 Å². The van der Waals surface area contributed by atoms with Crippen LogP contribution in [0.15, 0.2) is 18.2 Å². The van der Waals surface area contributed by atoms with Crippen LogP contribution >= 0.6 is 23.2 Å². The number of hydrogen-bond acceptors (Lipinski definition) is 2. The van der Waals surface area contributed by atoms with Gasteiger partial charge in [0.1, 0.15) is 0 Å². The molecule has 0 unspecified atom stereocenters. The van der Waals surface area contributed by atoms with Crippen LogP contribution in [0.1, 0.15) is 25.3 Å². The molecule has 0 saturated carbocycles. The maximum Gasteiger partial charge on any atom is 0.216 e. The number of carbonyl (C=O) groups excluding carboxylic acids is 1. The summed E-state index contributed by atoms with van der Waals surface area (Å²) in [7, 11) is 0. The first-order valence-electron chi connectivity index (χ1n) is 6.31. The van der Waals surface area contributed by atoms with Crippen molar-refractivity contribution in [1.82, 2.24) is 5.32 Å². The monoisotopic (exact) mass is 301 g/mol. The summed E-state index contributed by atoms with van der Waals surface area (Å²) in [5, 5.41) is 4.18. The molecule has 1 aliphatic heterocycles. The van der Waals surface area contributed by atoms with Crippen molar-refractivity contribution in [2.24, 2.45) is 0 Å². The van der Waals surface area contributed by atoms with Crippen molar-refractivity contribution in [3.8, 4) is 0 Å². The van der Waals surface area contributed by atoms with Crippen LogP contribution in [0.5, 0.6) is 0 Å². The second-order valence-corrected chi connectivity index (χ2v) is 5.77. The molecule has 104 valence electrons. The van der Waals surface area contributed by atoms with Crippen molar-refractivity contribution in [3.05, 3.63) is 33.8 Å². The van der Waals surface area contributed by atoms with E-state index in [1.165, 1.54) is 6.92 Å². The Morgan fingerprint density at radius 3 is 2.63 bits per heavy atom. The second kappa shape index (κ2) is 6.12. The van der Waals surface area contributed by atoms with Crippen molar-refractivity contribution in [2.75, 3.05) is 19.8 Å². The molecule has 0 bridgehead atoms. The predicted octanol–water partition coefficient (Wildman–Crippen LogP) is 3.18. The summed E-state index contributed by atoms with van der Waals surface area (Å²) >= 11 is 12.3. The lowest BCUT2D eigenvalue weighted by Gasteiger charge is -2.38. The van der Waals surface area contributed by atoms with Crippen LogP contribution in [0.4, 0.5) is 0 Å². The average Bonchev–Trinajstić information content (AvgIpc) is 2.37. The van der Waals surface area contributed by atoms with E-state index in [1.54, 1.807) is 6.07 Å². The van der Waals surface area contributed by atoms with E-state index in [4.69, 9.17) is 27.9 Å². The van der Waals surface area contributed by atoms with E-state index in [1.807, 2.05) is 12.1 Å². The largest absolute Gasteiger partial charge is 0.381 e. The molecule has 2 rings (SSSR count). The Labute approximate surface area is 123 Å². The summed E-state index contributed by atoms with van der Waals surface area (Å²) in [6.07, 6.45) is 1.68. The molecular formula is C14H17Cl2NO2. The van der Waals surface area contributed by atoms with Crippen molar-refractivity contribution in [3.63, 3.8) is 0 Å². The van der Waals surface area contributed by atoms with E-state index in [0.29, 0.717) is 29.8 Å². The number of ether oxygens (including phenoxy) is 1. The lowest BCUT2D eigenvalue weighted by Crippen LogP contribution is -2.44. The molecule has 0 spiro atoms. The molecule has 1 aliphatic rings. The molecule has 1 amide bonds. The van der Waals surface area contributed by atoms with Gasteiger partial charge in [-0.15, -0.1) is 0 Å². The Morgan fingerprint density at radius 1 is 1.37 bits per heavy atom. The number of amides is 1. The van der Waals surface area contributed by atoms with Gasteiger partial charge in [0, 0.05) is 42.1 Å². The highest BCUT2D eigenvalue weighted by Gasteiger charge is 2.36. The Balaban J connectivity index is 2.32. The summed E-state index contributed by atoms with van der Waals surface area (Å²) in [4.78, 5) is 11.2. The molecule has 1 aromatic rings. The summed E-state index contributed by atoms with van der Waals surface area (Å²) in [5.41, 5.74) is 0.876. The van der Waals surface area contributed by atoms with Gasteiger partial charge < -0.3 is 10.1 Å². The van der Waals surface area contributed by atoms with Crippen LogP contribution in [0.3, 0.4) is 0 Å². The third-order valence-electron chi connectivity index (χ3n) is 3.63. The van der Waals surface area contributed by atoms with Gasteiger partial charge in [-0.25, -0.2) is 0 Å². The van der Waals surface area contributed by atoms with Crippen LogP contribution < -0.4 is 5.32 Å². The van der Waals surface area contributed by atoms with Crippen LogP contribution in [0, 0.1) is 0 Å². The zero-order valence-corrected chi connectivity index (χ0v) is 12.4. The Kier molecular flexibility index (Phi) is 4.71. The highest BCUT2D eigenvalue weighted by atomic mass is 35.5. The number of nitrogens with one attached hydrogen (secondary N) is 1. The Morgan fingerprint density at radius 2 is 2.05 bits per heavy atom. The summed E-state index contributed by atoms with van der Waals surface area (Å²) < 4.78 is 5.43. The molecule has 1 N–H and O–H groups in total. The van der Waals surface area contributed by atoms with Crippen molar-refractivity contribution < 1.29 is 9.53 Å². The molecular weight excluding hydrogens is 285 g/mol. The Bertz CT molecular complexity index is 471. The molecule has 5 heteroatoms. The number of hydrogen-bond donors (Lipinski definition) is 1. The fourth-order valence-corrected chi connectivity index (χ4v) is 3.13. The maximum absolute atomic E-state index is 11.2. The number of rotatable bonds is 3. The molecule has 0 radical (unpaired) electrons.